The van der Waals surface area contributed by atoms with Gasteiger partial charge in [0, 0.05) is 5.75 Å². The van der Waals surface area contributed by atoms with Gasteiger partial charge in [-0.2, -0.15) is 24.9 Å². The van der Waals surface area contributed by atoms with Gasteiger partial charge in [-0.25, -0.2) is 0 Å². The first kappa shape index (κ1) is 11.2. The first-order chi connectivity index (χ1) is 5.66. The van der Waals surface area contributed by atoms with E-state index in [1.54, 1.807) is 13.8 Å². The van der Waals surface area contributed by atoms with Crippen molar-refractivity contribution in [1.82, 2.24) is 0 Å². The molecule has 1 aliphatic heterocycles. The molecule has 1 unspecified atom stereocenters. The van der Waals surface area contributed by atoms with Gasteiger partial charge in [-0.1, -0.05) is 13.8 Å². The number of hydrogen-bond acceptors (Lipinski definition) is 2. The van der Waals surface area contributed by atoms with Gasteiger partial charge < -0.3 is 5.11 Å². The second-order valence-corrected chi connectivity index (χ2v) is 5.35. The predicted octanol–water partition coefficient (Wildman–Crippen LogP) is 2.44. The number of thioether (sulfide) groups is 1. The molecule has 0 aromatic carbocycles. The summed E-state index contributed by atoms with van der Waals surface area (Å²) in [7, 11) is 0. The van der Waals surface area contributed by atoms with Crippen LogP contribution in [0.1, 0.15) is 20.3 Å². The highest BCUT2D eigenvalue weighted by Crippen LogP contribution is 2.46. The van der Waals surface area contributed by atoms with E-state index >= 15 is 0 Å². The molecule has 78 valence electrons. The van der Waals surface area contributed by atoms with Crippen LogP contribution in [0.5, 0.6) is 0 Å². The van der Waals surface area contributed by atoms with Gasteiger partial charge in [0.2, 0.25) is 0 Å². The lowest BCUT2D eigenvalue weighted by Crippen LogP contribution is -2.53. The molecule has 1 rings (SSSR count). The van der Waals surface area contributed by atoms with Crippen LogP contribution in [0.4, 0.5) is 13.2 Å². The van der Waals surface area contributed by atoms with E-state index in [4.69, 9.17) is 0 Å². The predicted molar refractivity (Wildman–Crippen MR) is 46.7 cm³/mol. The fourth-order valence-corrected chi connectivity index (χ4v) is 2.93. The average molecular weight is 214 g/mol. The monoisotopic (exact) mass is 214 g/mol. The molecule has 1 atom stereocenters. The minimum absolute atomic E-state index is 0.198. The van der Waals surface area contributed by atoms with E-state index in [1.165, 1.54) is 11.8 Å². The van der Waals surface area contributed by atoms with Gasteiger partial charge in [0.15, 0.2) is 5.60 Å². The summed E-state index contributed by atoms with van der Waals surface area (Å²) < 4.78 is 37.2. The molecule has 0 aromatic heterocycles. The molecule has 1 fully saturated rings. The minimum Gasteiger partial charge on any atom is -0.380 e. The van der Waals surface area contributed by atoms with Gasteiger partial charge in [-0.15, -0.1) is 0 Å². The molecule has 1 heterocycles. The summed E-state index contributed by atoms with van der Waals surface area (Å²) >= 11 is 1.17. The fraction of sp³-hybridized carbons (Fsp3) is 1.00. The standard InChI is InChI=1S/C8H13F3OS/c1-6(2)3-7(12,5-13-4-6)8(9,10)11/h12H,3-5H2,1-2H3. The molecule has 1 nitrogen and oxygen atoms in total. The van der Waals surface area contributed by atoms with Crippen molar-refractivity contribution in [2.24, 2.45) is 5.41 Å². The molecule has 0 aliphatic carbocycles. The van der Waals surface area contributed by atoms with Crippen LogP contribution in [0, 0.1) is 5.41 Å². The molecule has 0 radical (unpaired) electrons. The maximum Gasteiger partial charge on any atom is 0.418 e. The smallest absolute Gasteiger partial charge is 0.380 e. The lowest BCUT2D eigenvalue weighted by molar-refractivity contribution is -0.260. The van der Waals surface area contributed by atoms with Crippen LogP contribution in [-0.4, -0.2) is 28.4 Å². The van der Waals surface area contributed by atoms with Crippen molar-refractivity contribution < 1.29 is 18.3 Å². The summed E-state index contributed by atoms with van der Waals surface area (Å²) in [4.78, 5) is 0. The van der Waals surface area contributed by atoms with Crippen LogP contribution in [0.2, 0.25) is 0 Å². The summed E-state index contributed by atoms with van der Waals surface area (Å²) in [5.74, 6) is 0.436. The summed E-state index contributed by atoms with van der Waals surface area (Å²) in [6.45, 7) is 3.49. The maximum absolute atomic E-state index is 12.4. The zero-order valence-corrected chi connectivity index (χ0v) is 8.43. The molecule has 0 saturated carbocycles. The van der Waals surface area contributed by atoms with Crippen LogP contribution in [0.25, 0.3) is 0 Å². The number of hydrogen-bond donors (Lipinski definition) is 1. The third-order valence-electron chi connectivity index (χ3n) is 2.13. The zero-order valence-electron chi connectivity index (χ0n) is 7.61. The Kier molecular flexibility index (Phi) is 2.62. The maximum atomic E-state index is 12.4. The Bertz CT molecular complexity index is 202. The van der Waals surface area contributed by atoms with Crippen molar-refractivity contribution in [2.75, 3.05) is 11.5 Å². The van der Waals surface area contributed by atoms with Gasteiger partial charge in [0.05, 0.1) is 0 Å². The summed E-state index contributed by atoms with van der Waals surface area (Å²) in [5.41, 5.74) is -2.92. The molecule has 1 aliphatic rings. The summed E-state index contributed by atoms with van der Waals surface area (Å²) in [6, 6.07) is 0. The first-order valence-electron chi connectivity index (χ1n) is 4.03. The summed E-state index contributed by atoms with van der Waals surface area (Å²) in [5, 5.41) is 9.40. The Morgan fingerprint density at radius 2 is 1.77 bits per heavy atom. The number of aliphatic hydroxyl groups is 1. The third-order valence-corrected chi connectivity index (χ3v) is 3.80. The van der Waals surface area contributed by atoms with Crippen molar-refractivity contribution in [3.8, 4) is 0 Å². The Balaban J connectivity index is 2.81. The van der Waals surface area contributed by atoms with E-state index < -0.39 is 17.2 Å². The Morgan fingerprint density at radius 3 is 2.08 bits per heavy atom. The molecule has 13 heavy (non-hydrogen) atoms. The second-order valence-electron chi connectivity index (χ2n) is 4.36. The van der Waals surface area contributed by atoms with E-state index in [0.717, 1.165) is 0 Å². The van der Waals surface area contributed by atoms with E-state index in [1.807, 2.05) is 0 Å². The highest BCUT2D eigenvalue weighted by atomic mass is 32.2. The topological polar surface area (TPSA) is 20.2 Å². The Morgan fingerprint density at radius 1 is 1.23 bits per heavy atom. The van der Waals surface area contributed by atoms with Crippen molar-refractivity contribution in [3.05, 3.63) is 0 Å². The molecule has 1 N–H and O–H groups in total. The lowest BCUT2D eigenvalue weighted by Gasteiger charge is -2.41. The molecular weight excluding hydrogens is 201 g/mol. The largest absolute Gasteiger partial charge is 0.418 e. The highest BCUT2D eigenvalue weighted by Gasteiger charge is 2.57. The van der Waals surface area contributed by atoms with Crippen molar-refractivity contribution in [1.29, 1.82) is 0 Å². The van der Waals surface area contributed by atoms with Crippen molar-refractivity contribution in [2.45, 2.75) is 32.0 Å². The zero-order chi connectivity index (χ0) is 10.3. The molecule has 0 amide bonds. The molecular formula is C8H13F3OS. The average Bonchev–Trinajstić information content (AvgIpc) is 1.80. The van der Waals surface area contributed by atoms with Crippen molar-refractivity contribution in [3.63, 3.8) is 0 Å². The molecule has 0 spiro atoms. The van der Waals surface area contributed by atoms with Crippen LogP contribution in [0.3, 0.4) is 0 Å². The van der Waals surface area contributed by atoms with Gasteiger partial charge in [0.1, 0.15) is 0 Å². The minimum atomic E-state index is -4.50. The van der Waals surface area contributed by atoms with Crippen LogP contribution >= 0.6 is 11.8 Å². The van der Waals surface area contributed by atoms with Gasteiger partial charge >= 0.3 is 6.18 Å². The quantitative estimate of drug-likeness (QED) is 0.668. The molecule has 5 heteroatoms. The summed E-state index contributed by atoms with van der Waals surface area (Å²) in [6.07, 6.45) is -4.70. The van der Waals surface area contributed by atoms with E-state index in [2.05, 4.69) is 0 Å². The van der Waals surface area contributed by atoms with E-state index in [9.17, 15) is 18.3 Å². The lowest BCUT2D eigenvalue weighted by atomic mass is 9.81. The Hall–Kier alpha value is 0.100. The van der Waals surface area contributed by atoms with Gasteiger partial charge in [0.25, 0.3) is 0 Å². The number of halogens is 3. The van der Waals surface area contributed by atoms with Crippen molar-refractivity contribution >= 4 is 11.8 Å². The van der Waals surface area contributed by atoms with Crippen LogP contribution in [0.15, 0.2) is 0 Å². The third kappa shape index (κ3) is 2.31. The SMILES string of the molecule is CC1(C)CSCC(O)(C(F)(F)F)C1. The first-order valence-corrected chi connectivity index (χ1v) is 5.19. The van der Waals surface area contributed by atoms with Gasteiger partial charge in [-0.3, -0.25) is 0 Å². The molecule has 0 aromatic rings. The molecule has 0 bridgehead atoms. The highest BCUT2D eigenvalue weighted by molar-refractivity contribution is 7.99. The Labute approximate surface area is 79.7 Å². The normalized spacial score (nSPS) is 34.6. The van der Waals surface area contributed by atoms with Crippen LogP contribution < -0.4 is 0 Å². The molecule has 1 saturated heterocycles. The number of alkyl halides is 3. The van der Waals surface area contributed by atoms with E-state index in [-0.39, 0.29) is 12.2 Å². The van der Waals surface area contributed by atoms with Gasteiger partial charge in [-0.05, 0) is 17.6 Å². The van der Waals surface area contributed by atoms with Crippen LogP contribution in [-0.2, 0) is 0 Å². The second kappa shape index (κ2) is 3.05. The fourth-order valence-electron chi connectivity index (χ4n) is 1.57. The van der Waals surface area contributed by atoms with E-state index in [0.29, 0.717) is 5.75 Å². The number of rotatable bonds is 0.